The quantitative estimate of drug-likeness (QED) is 0.845. The molecule has 1 aliphatic heterocycles. The standard InChI is InChI=1S/C15H19NO3/c1-18-11-5-6-12-10(9-11)3-2-4-13(12)16-14-7-8-19-15(14)17/h5-6,9,13-14,16H,2-4,7-8H2,1H3. The molecule has 2 unspecified atom stereocenters. The van der Waals surface area contributed by atoms with E-state index in [9.17, 15) is 4.79 Å². The van der Waals surface area contributed by atoms with Crippen molar-refractivity contribution in [1.29, 1.82) is 0 Å². The Morgan fingerprint density at radius 3 is 2.95 bits per heavy atom. The summed E-state index contributed by atoms with van der Waals surface area (Å²) in [5, 5.41) is 3.45. The molecule has 0 saturated carbocycles. The maximum Gasteiger partial charge on any atom is 0.323 e. The van der Waals surface area contributed by atoms with Gasteiger partial charge in [0.2, 0.25) is 0 Å². The summed E-state index contributed by atoms with van der Waals surface area (Å²) in [7, 11) is 1.69. The van der Waals surface area contributed by atoms with E-state index in [1.807, 2.05) is 6.07 Å². The average molecular weight is 261 g/mol. The summed E-state index contributed by atoms with van der Waals surface area (Å²) >= 11 is 0. The van der Waals surface area contributed by atoms with Crippen molar-refractivity contribution in [2.24, 2.45) is 0 Å². The number of methoxy groups -OCH3 is 1. The molecule has 0 spiro atoms. The molecule has 1 aliphatic carbocycles. The predicted molar refractivity (Wildman–Crippen MR) is 71.2 cm³/mol. The Balaban J connectivity index is 1.80. The number of hydrogen-bond acceptors (Lipinski definition) is 4. The molecule has 102 valence electrons. The van der Waals surface area contributed by atoms with Gasteiger partial charge in [0, 0.05) is 12.5 Å². The second kappa shape index (κ2) is 5.21. The first-order valence-electron chi connectivity index (χ1n) is 6.87. The van der Waals surface area contributed by atoms with Gasteiger partial charge >= 0.3 is 5.97 Å². The van der Waals surface area contributed by atoms with Crippen molar-refractivity contribution >= 4 is 5.97 Å². The Labute approximate surface area is 113 Å². The molecule has 4 nitrogen and oxygen atoms in total. The normalized spacial score (nSPS) is 25.8. The first kappa shape index (κ1) is 12.5. The van der Waals surface area contributed by atoms with Gasteiger partial charge in [-0.1, -0.05) is 6.07 Å². The molecule has 1 N–H and O–H groups in total. The zero-order valence-electron chi connectivity index (χ0n) is 11.1. The van der Waals surface area contributed by atoms with Gasteiger partial charge < -0.3 is 9.47 Å². The summed E-state index contributed by atoms with van der Waals surface area (Å²) in [6.07, 6.45) is 4.07. The van der Waals surface area contributed by atoms with Gasteiger partial charge in [-0.15, -0.1) is 0 Å². The number of carbonyl (C=O) groups is 1. The van der Waals surface area contributed by atoms with Crippen LogP contribution in [0, 0.1) is 0 Å². The van der Waals surface area contributed by atoms with Crippen LogP contribution in [0.3, 0.4) is 0 Å². The highest BCUT2D eigenvalue weighted by Gasteiger charge is 2.30. The molecular weight excluding hydrogens is 242 g/mol. The third kappa shape index (κ3) is 2.45. The zero-order valence-corrected chi connectivity index (χ0v) is 11.1. The second-order valence-corrected chi connectivity index (χ2v) is 5.18. The van der Waals surface area contributed by atoms with Crippen molar-refractivity contribution < 1.29 is 14.3 Å². The molecule has 1 aromatic carbocycles. The number of hydrogen-bond donors (Lipinski definition) is 1. The molecule has 0 aromatic heterocycles. The Kier molecular flexibility index (Phi) is 3.42. The number of nitrogens with one attached hydrogen (secondary N) is 1. The number of carbonyl (C=O) groups excluding carboxylic acids is 1. The molecule has 2 atom stereocenters. The number of rotatable bonds is 3. The minimum atomic E-state index is -0.141. The zero-order chi connectivity index (χ0) is 13.2. The maximum atomic E-state index is 11.6. The largest absolute Gasteiger partial charge is 0.497 e. The molecule has 2 aliphatic rings. The highest BCUT2D eigenvalue weighted by molar-refractivity contribution is 5.77. The predicted octanol–water partition coefficient (Wildman–Crippen LogP) is 1.98. The van der Waals surface area contributed by atoms with E-state index < -0.39 is 0 Å². The van der Waals surface area contributed by atoms with Crippen LogP contribution < -0.4 is 10.1 Å². The minimum absolute atomic E-state index is 0.111. The number of cyclic esters (lactones) is 1. The van der Waals surface area contributed by atoms with E-state index in [0.717, 1.165) is 31.4 Å². The third-order valence-electron chi connectivity index (χ3n) is 4.00. The lowest BCUT2D eigenvalue weighted by atomic mass is 9.87. The lowest BCUT2D eigenvalue weighted by Gasteiger charge is -2.28. The molecule has 1 saturated heterocycles. The van der Waals surface area contributed by atoms with E-state index in [4.69, 9.17) is 9.47 Å². The molecule has 1 heterocycles. The summed E-state index contributed by atoms with van der Waals surface area (Å²) in [4.78, 5) is 11.6. The van der Waals surface area contributed by atoms with Crippen molar-refractivity contribution in [3.05, 3.63) is 29.3 Å². The lowest BCUT2D eigenvalue weighted by molar-refractivity contribution is -0.139. The van der Waals surface area contributed by atoms with Crippen LogP contribution in [0.4, 0.5) is 0 Å². The summed E-state index contributed by atoms with van der Waals surface area (Å²) in [6.45, 7) is 0.540. The van der Waals surface area contributed by atoms with E-state index in [1.165, 1.54) is 11.1 Å². The highest BCUT2D eigenvalue weighted by atomic mass is 16.5. The van der Waals surface area contributed by atoms with Gasteiger partial charge in [0.25, 0.3) is 0 Å². The fraction of sp³-hybridized carbons (Fsp3) is 0.533. The Bertz CT molecular complexity index is 486. The van der Waals surface area contributed by atoms with Gasteiger partial charge in [0.15, 0.2) is 0 Å². The number of ether oxygens (including phenoxy) is 2. The van der Waals surface area contributed by atoms with Gasteiger partial charge in [0.1, 0.15) is 11.8 Å². The van der Waals surface area contributed by atoms with E-state index >= 15 is 0 Å². The molecule has 1 aromatic rings. The number of fused-ring (bicyclic) bond motifs is 1. The molecular formula is C15H19NO3. The molecule has 4 heteroatoms. The van der Waals surface area contributed by atoms with Gasteiger partial charge in [-0.25, -0.2) is 0 Å². The molecule has 1 fully saturated rings. The molecule has 0 amide bonds. The van der Waals surface area contributed by atoms with Gasteiger partial charge in [-0.05, 0) is 42.5 Å². The Morgan fingerprint density at radius 2 is 2.21 bits per heavy atom. The monoisotopic (exact) mass is 261 g/mol. The van der Waals surface area contributed by atoms with Gasteiger partial charge in [-0.3, -0.25) is 10.1 Å². The van der Waals surface area contributed by atoms with Crippen molar-refractivity contribution in [1.82, 2.24) is 5.32 Å². The van der Waals surface area contributed by atoms with Crippen LogP contribution in [-0.2, 0) is 16.0 Å². The summed E-state index contributed by atoms with van der Waals surface area (Å²) in [6, 6.07) is 6.33. The summed E-state index contributed by atoms with van der Waals surface area (Å²) in [5.41, 5.74) is 2.63. The first-order chi connectivity index (χ1) is 9.28. The minimum Gasteiger partial charge on any atom is -0.497 e. The van der Waals surface area contributed by atoms with E-state index in [1.54, 1.807) is 7.11 Å². The smallest absolute Gasteiger partial charge is 0.323 e. The van der Waals surface area contributed by atoms with Gasteiger partial charge in [-0.2, -0.15) is 0 Å². The average Bonchev–Trinajstić information content (AvgIpc) is 2.84. The SMILES string of the molecule is COc1ccc2c(c1)CCCC2NC1CCOC1=O. The second-order valence-electron chi connectivity index (χ2n) is 5.18. The van der Waals surface area contributed by atoms with Crippen LogP contribution in [0.5, 0.6) is 5.75 Å². The van der Waals surface area contributed by atoms with Gasteiger partial charge in [0.05, 0.1) is 13.7 Å². The number of aryl methyl sites for hydroxylation is 1. The highest BCUT2D eigenvalue weighted by Crippen LogP contribution is 2.33. The van der Waals surface area contributed by atoms with Crippen molar-refractivity contribution in [2.45, 2.75) is 37.8 Å². The third-order valence-corrected chi connectivity index (χ3v) is 4.00. The fourth-order valence-corrected chi connectivity index (χ4v) is 2.98. The van der Waals surface area contributed by atoms with Crippen molar-refractivity contribution in [2.75, 3.05) is 13.7 Å². The molecule has 0 radical (unpaired) electrons. The topological polar surface area (TPSA) is 47.6 Å². The van der Waals surface area contributed by atoms with Crippen LogP contribution in [0.2, 0.25) is 0 Å². The summed E-state index contributed by atoms with van der Waals surface area (Å²) < 4.78 is 10.3. The van der Waals surface area contributed by atoms with E-state index in [-0.39, 0.29) is 18.1 Å². The maximum absolute atomic E-state index is 11.6. The van der Waals surface area contributed by atoms with Crippen molar-refractivity contribution in [3.8, 4) is 5.75 Å². The van der Waals surface area contributed by atoms with Crippen LogP contribution in [-0.4, -0.2) is 25.7 Å². The Morgan fingerprint density at radius 1 is 1.32 bits per heavy atom. The van der Waals surface area contributed by atoms with Crippen molar-refractivity contribution in [3.63, 3.8) is 0 Å². The lowest BCUT2D eigenvalue weighted by Crippen LogP contribution is -2.37. The van der Waals surface area contributed by atoms with E-state index in [2.05, 4.69) is 17.4 Å². The van der Waals surface area contributed by atoms with E-state index in [0.29, 0.717) is 6.61 Å². The first-order valence-corrected chi connectivity index (χ1v) is 6.87. The van der Waals surface area contributed by atoms with Crippen LogP contribution in [0.25, 0.3) is 0 Å². The summed E-state index contributed by atoms with van der Waals surface area (Å²) in [5.74, 6) is 0.792. The number of benzene rings is 1. The molecule has 0 bridgehead atoms. The molecule has 19 heavy (non-hydrogen) atoms. The Hall–Kier alpha value is -1.55. The fourth-order valence-electron chi connectivity index (χ4n) is 2.98. The van der Waals surface area contributed by atoms with Crippen LogP contribution in [0.1, 0.15) is 36.4 Å². The van der Waals surface area contributed by atoms with Crippen LogP contribution >= 0.6 is 0 Å². The number of esters is 1. The molecule has 3 rings (SSSR count). The van der Waals surface area contributed by atoms with Crippen LogP contribution in [0.15, 0.2) is 18.2 Å².